The molecule has 4 rings (SSSR count). The zero-order valence-corrected chi connectivity index (χ0v) is 13.8. The smallest absolute Gasteiger partial charge is 0.372 e. The number of aliphatic carboxylic acids is 2. The second kappa shape index (κ2) is 5.62. The van der Waals surface area contributed by atoms with Crippen LogP contribution >= 0.6 is 0 Å². The SMILES string of the molecule is NC1C2C(CC(=O)O)OCC=C3CN4CCC1(C(=O)C(=O)O)C4CC32. The average Bonchev–Trinajstić information content (AvgIpc) is 2.85. The number of nitrogens with zero attached hydrogens (tertiary/aromatic N) is 1. The summed E-state index contributed by atoms with van der Waals surface area (Å²) in [6.45, 7) is 1.64. The normalized spacial score (nSPS) is 42.4. The van der Waals surface area contributed by atoms with Crippen LogP contribution in [0.25, 0.3) is 0 Å². The molecule has 8 heteroatoms. The van der Waals surface area contributed by atoms with Crippen LogP contribution in [0.2, 0.25) is 0 Å². The van der Waals surface area contributed by atoms with Crippen LogP contribution in [-0.4, -0.2) is 70.7 Å². The monoisotopic (exact) mass is 350 g/mol. The Hall–Kier alpha value is -1.77. The lowest BCUT2D eigenvalue weighted by Gasteiger charge is -2.55. The number of ether oxygens (including phenoxy) is 1. The van der Waals surface area contributed by atoms with Crippen LogP contribution < -0.4 is 5.73 Å². The van der Waals surface area contributed by atoms with Gasteiger partial charge in [0.2, 0.25) is 5.78 Å². The highest BCUT2D eigenvalue weighted by Crippen LogP contribution is 2.57. The van der Waals surface area contributed by atoms with Crippen LogP contribution in [0.1, 0.15) is 19.3 Å². The van der Waals surface area contributed by atoms with E-state index in [0.717, 1.165) is 0 Å². The molecular weight excluding hydrogens is 328 g/mol. The van der Waals surface area contributed by atoms with Crippen molar-refractivity contribution in [2.45, 2.75) is 37.5 Å². The van der Waals surface area contributed by atoms with Gasteiger partial charge in [0.1, 0.15) is 0 Å². The van der Waals surface area contributed by atoms with Gasteiger partial charge in [0.15, 0.2) is 0 Å². The van der Waals surface area contributed by atoms with E-state index in [-0.39, 0.29) is 24.3 Å². The van der Waals surface area contributed by atoms with Crippen LogP contribution in [0.15, 0.2) is 11.6 Å². The van der Waals surface area contributed by atoms with Gasteiger partial charge in [-0.2, -0.15) is 0 Å². The first-order chi connectivity index (χ1) is 11.9. The van der Waals surface area contributed by atoms with Gasteiger partial charge in [0.05, 0.1) is 24.5 Å². The number of hydrogen-bond acceptors (Lipinski definition) is 6. The second-order valence-corrected chi connectivity index (χ2v) is 7.60. The molecule has 0 radical (unpaired) electrons. The molecular formula is C17H22N2O6. The van der Waals surface area contributed by atoms with Crippen molar-refractivity contribution in [3.8, 4) is 0 Å². The highest BCUT2D eigenvalue weighted by molar-refractivity contribution is 6.35. The minimum absolute atomic E-state index is 0.0518. The minimum Gasteiger partial charge on any atom is -0.481 e. The van der Waals surface area contributed by atoms with Crippen molar-refractivity contribution in [2.24, 2.45) is 23.0 Å². The maximum atomic E-state index is 12.7. The van der Waals surface area contributed by atoms with E-state index in [2.05, 4.69) is 4.90 Å². The van der Waals surface area contributed by atoms with Gasteiger partial charge in [-0.25, -0.2) is 4.79 Å². The van der Waals surface area contributed by atoms with Gasteiger partial charge in [0.25, 0.3) is 0 Å². The van der Waals surface area contributed by atoms with Crippen molar-refractivity contribution in [3.05, 3.63) is 11.6 Å². The fourth-order valence-electron chi connectivity index (χ4n) is 5.73. The quantitative estimate of drug-likeness (QED) is 0.456. The Balaban J connectivity index is 1.81. The summed E-state index contributed by atoms with van der Waals surface area (Å²) in [5.74, 6) is -3.58. The van der Waals surface area contributed by atoms with Gasteiger partial charge < -0.3 is 20.7 Å². The van der Waals surface area contributed by atoms with E-state index in [1.54, 1.807) is 0 Å². The van der Waals surface area contributed by atoms with E-state index >= 15 is 0 Å². The van der Waals surface area contributed by atoms with Crippen molar-refractivity contribution in [2.75, 3.05) is 19.7 Å². The van der Waals surface area contributed by atoms with E-state index in [0.29, 0.717) is 32.5 Å². The summed E-state index contributed by atoms with van der Waals surface area (Å²) in [5, 5.41) is 18.6. The lowest BCUT2D eigenvalue weighted by molar-refractivity contribution is -0.161. The van der Waals surface area contributed by atoms with Crippen molar-refractivity contribution >= 4 is 17.7 Å². The molecule has 2 bridgehead atoms. The van der Waals surface area contributed by atoms with Crippen LogP contribution in [0.3, 0.4) is 0 Å². The highest BCUT2D eigenvalue weighted by Gasteiger charge is 2.66. The number of carbonyl (C=O) groups excluding carboxylic acids is 1. The van der Waals surface area contributed by atoms with Crippen LogP contribution in [-0.2, 0) is 19.1 Å². The minimum atomic E-state index is -1.46. The Morgan fingerprint density at radius 3 is 2.80 bits per heavy atom. The van der Waals surface area contributed by atoms with Crippen molar-refractivity contribution in [3.63, 3.8) is 0 Å². The number of Topliss-reactive ketones (excluding diaryl/α,β-unsaturated/α-hetero) is 1. The second-order valence-electron chi connectivity index (χ2n) is 7.60. The maximum absolute atomic E-state index is 12.7. The molecule has 3 aliphatic heterocycles. The summed E-state index contributed by atoms with van der Waals surface area (Å²) in [6, 6.07) is -0.913. The molecule has 3 heterocycles. The van der Waals surface area contributed by atoms with Gasteiger partial charge in [-0.15, -0.1) is 0 Å². The third kappa shape index (κ3) is 2.21. The molecule has 25 heavy (non-hydrogen) atoms. The molecule has 0 amide bonds. The number of rotatable bonds is 4. The molecule has 6 unspecified atom stereocenters. The van der Waals surface area contributed by atoms with Gasteiger partial charge in [-0.1, -0.05) is 11.6 Å². The van der Waals surface area contributed by atoms with Gasteiger partial charge in [0, 0.05) is 24.5 Å². The van der Waals surface area contributed by atoms with Crippen molar-refractivity contribution < 1.29 is 29.3 Å². The van der Waals surface area contributed by atoms with E-state index in [4.69, 9.17) is 10.5 Å². The van der Waals surface area contributed by atoms with Crippen LogP contribution in [0.4, 0.5) is 0 Å². The summed E-state index contributed by atoms with van der Waals surface area (Å²) >= 11 is 0. The molecule has 0 aromatic rings. The Morgan fingerprint density at radius 2 is 2.12 bits per heavy atom. The molecule has 1 aliphatic carbocycles. The highest BCUT2D eigenvalue weighted by atomic mass is 16.5. The first kappa shape index (κ1) is 16.7. The van der Waals surface area contributed by atoms with Gasteiger partial charge >= 0.3 is 11.9 Å². The predicted molar refractivity (Wildman–Crippen MR) is 84.7 cm³/mol. The topological polar surface area (TPSA) is 130 Å². The number of carboxylic acids is 2. The zero-order valence-electron chi connectivity index (χ0n) is 13.8. The van der Waals surface area contributed by atoms with Crippen LogP contribution in [0, 0.1) is 17.3 Å². The summed E-state index contributed by atoms with van der Waals surface area (Å²) in [6.07, 6.45) is 2.25. The Kier molecular flexibility index (Phi) is 3.75. The molecule has 1 saturated carbocycles. The fraction of sp³-hybridized carbons (Fsp3) is 0.706. The summed E-state index contributed by atoms with van der Waals surface area (Å²) in [7, 11) is 0. The Labute approximate surface area is 144 Å². The number of hydrogen-bond donors (Lipinski definition) is 3. The molecule has 136 valence electrons. The average molecular weight is 350 g/mol. The first-order valence-corrected chi connectivity index (χ1v) is 8.66. The molecule has 2 saturated heterocycles. The number of carboxylic acid groups (broad SMARTS) is 2. The van der Waals surface area contributed by atoms with Crippen molar-refractivity contribution in [1.29, 1.82) is 0 Å². The summed E-state index contributed by atoms with van der Waals surface area (Å²) < 4.78 is 5.78. The zero-order chi connectivity index (χ0) is 17.9. The van der Waals surface area contributed by atoms with E-state index < -0.39 is 35.3 Å². The Bertz CT molecular complexity index is 676. The third-order valence-electron chi connectivity index (χ3n) is 6.74. The Morgan fingerprint density at radius 1 is 1.36 bits per heavy atom. The lowest BCUT2D eigenvalue weighted by Crippen LogP contribution is -2.68. The largest absolute Gasteiger partial charge is 0.481 e. The number of ketones is 1. The first-order valence-electron chi connectivity index (χ1n) is 8.66. The fourth-order valence-corrected chi connectivity index (χ4v) is 5.73. The molecule has 0 spiro atoms. The number of nitrogens with two attached hydrogens (primary N) is 1. The third-order valence-corrected chi connectivity index (χ3v) is 6.74. The summed E-state index contributed by atoms with van der Waals surface area (Å²) in [5.41, 5.74) is 6.59. The standard InChI is InChI=1S/C17H22N2O6/c18-14-13-9-5-11-17(14,15(22)16(23)24)2-3-19(11)7-8(9)1-4-25-10(13)6-12(20)21/h1,9-11,13-14H,2-7,18H2,(H,20,21)(H,23,24). The maximum Gasteiger partial charge on any atom is 0.372 e. The van der Waals surface area contributed by atoms with Crippen molar-refractivity contribution in [1.82, 2.24) is 4.90 Å². The molecule has 8 nitrogen and oxygen atoms in total. The summed E-state index contributed by atoms with van der Waals surface area (Å²) in [4.78, 5) is 37.7. The molecule has 0 aromatic carbocycles. The van der Waals surface area contributed by atoms with E-state index in [1.165, 1.54) is 5.57 Å². The molecule has 3 fully saturated rings. The van der Waals surface area contributed by atoms with Crippen LogP contribution in [0.5, 0.6) is 0 Å². The molecule has 4 N–H and O–H groups in total. The van der Waals surface area contributed by atoms with Gasteiger partial charge in [-0.3, -0.25) is 14.5 Å². The van der Waals surface area contributed by atoms with E-state index in [9.17, 15) is 24.6 Å². The molecule has 4 aliphatic rings. The lowest BCUT2D eigenvalue weighted by atomic mass is 9.54. The van der Waals surface area contributed by atoms with E-state index in [1.807, 2.05) is 6.08 Å². The predicted octanol–water partition coefficient (Wildman–Crippen LogP) is -0.522. The molecule has 0 aromatic heterocycles. The number of piperidine rings is 1. The van der Waals surface area contributed by atoms with Gasteiger partial charge in [-0.05, 0) is 25.3 Å². The molecule has 6 atom stereocenters. The number of carbonyl (C=O) groups is 3.